The van der Waals surface area contributed by atoms with Crippen molar-refractivity contribution in [3.63, 3.8) is 0 Å². The number of benzene rings is 3. The fraction of sp³-hybridized carbons (Fsp3) is 0.0741. The van der Waals surface area contributed by atoms with Crippen molar-refractivity contribution < 1.29 is 19.5 Å². The highest BCUT2D eigenvalue weighted by Gasteiger charge is 2.11. The molecule has 3 aromatic carbocycles. The molecule has 0 saturated heterocycles. The van der Waals surface area contributed by atoms with Crippen LogP contribution < -0.4 is 9.47 Å². The van der Waals surface area contributed by atoms with Gasteiger partial charge >= 0.3 is 0 Å². The zero-order valence-electron chi connectivity index (χ0n) is 18.3. The third kappa shape index (κ3) is 6.51. The Morgan fingerprint density at radius 2 is 1.44 bits per heavy atom. The van der Waals surface area contributed by atoms with Gasteiger partial charge in [-0.3, -0.25) is 10.0 Å². The first-order valence-corrected chi connectivity index (χ1v) is 10.6. The third-order valence-electron chi connectivity index (χ3n) is 4.83. The average molecular weight is 453 g/mol. The van der Waals surface area contributed by atoms with Crippen LogP contribution in [0.1, 0.15) is 21.5 Å². The fourth-order valence-corrected chi connectivity index (χ4v) is 3.09. The zero-order chi connectivity index (χ0) is 23.6. The van der Waals surface area contributed by atoms with Gasteiger partial charge in [0.05, 0.1) is 17.5 Å². The maximum atomic E-state index is 12.7. The van der Waals surface area contributed by atoms with Crippen LogP contribution in [-0.4, -0.2) is 16.2 Å². The maximum absolute atomic E-state index is 12.7. The fourth-order valence-electron chi connectivity index (χ4n) is 3.09. The number of nitrogens with zero attached hydrogens (tertiary/aromatic N) is 3. The normalized spacial score (nSPS) is 14.0. The molecule has 0 fully saturated rings. The van der Waals surface area contributed by atoms with Gasteiger partial charge in [0.15, 0.2) is 0 Å². The highest BCUT2D eigenvalue weighted by atomic mass is 16.5. The number of amides is 1. The molecule has 1 heterocycles. The van der Waals surface area contributed by atoms with E-state index in [0.717, 1.165) is 16.2 Å². The molecule has 170 valence electrons. The molecule has 0 bridgehead atoms. The van der Waals surface area contributed by atoms with E-state index in [1.54, 1.807) is 36.4 Å². The predicted molar refractivity (Wildman–Crippen MR) is 127 cm³/mol. The van der Waals surface area contributed by atoms with E-state index in [0.29, 0.717) is 30.4 Å². The summed E-state index contributed by atoms with van der Waals surface area (Å²) in [5.41, 5.74) is 2.66. The summed E-state index contributed by atoms with van der Waals surface area (Å²) in [5, 5.41) is 18.2. The van der Waals surface area contributed by atoms with E-state index in [9.17, 15) is 10.0 Å². The number of azo groups is 1. The quantitative estimate of drug-likeness (QED) is 0.420. The molecule has 7 nitrogen and oxygen atoms in total. The van der Waals surface area contributed by atoms with E-state index < -0.39 is 5.91 Å². The van der Waals surface area contributed by atoms with Gasteiger partial charge in [-0.15, -0.1) is 5.11 Å². The minimum absolute atomic E-state index is 0.274. The minimum atomic E-state index is -0.564. The van der Waals surface area contributed by atoms with Crippen LogP contribution in [0.15, 0.2) is 125 Å². The Bertz CT molecular complexity index is 1170. The Labute approximate surface area is 197 Å². The SMILES string of the molecule is O=C(N=NC=C1C=CC=CN1O)c1cc(OCc2ccccc2)cc(OCc2ccccc2)c1. The molecular weight excluding hydrogens is 430 g/mol. The first kappa shape index (κ1) is 22.7. The summed E-state index contributed by atoms with van der Waals surface area (Å²) in [4.78, 5) is 12.7. The van der Waals surface area contributed by atoms with Crippen molar-refractivity contribution in [1.82, 2.24) is 5.06 Å². The Kier molecular flexibility index (Phi) is 7.61. The molecule has 4 rings (SSSR count). The van der Waals surface area contributed by atoms with Gasteiger partial charge in [0, 0.05) is 12.3 Å². The molecule has 7 heteroatoms. The molecule has 1 amide bonds. The summed E-state index contributed by atoms with van der Waals surface area (Å²) in [6.45, 7) is 0.687. The zero-order valence-corrected chi connectivity index (χ0v) is 18.3. The number of rotatable bonds is 8. The standard InChI is InChI=1S/C27H23N3O4/c31-27(29-28-18-24-13-7-8-14-30(24)32)23-15-25(33-19-21-9-3-1-4-10-21)17-26(16-23)34-20-22-11-5-2-6-12-22/h1-18,32H,19-20H2. The molecule has 0 atom stereocenters. The number of allylic oxidation sites excluding steroid dienone is 3. The van der Waals surface area contributed by atoms with Crippen molar-refractivity contribution in [2.45, 2.75) is 13.2 Å². The second kappa shape index (κ2) is 11.4. The second-order valence-electron chi connectivity index (χ2n) is 7.36. The summed E-state index contributed by atoms with van der Waals surface area (Å²) in [6, 6.07) is 24.4. The van der Waals surface area contributed by atoms with Gasteiger partial charge in [0.25, 0.3) is 5.91 Å². The molecule has 0 radical (unpaired) electrons. The molecule has 1 N–H and O–H groups in total. The topological polar surface area (TPSA) is 83.7 Å². The van der Waals surface area contributed by atoms with E-state index >= 15 is 0 Å². The van der Waals surface area contributed by atoms with Crippen LogP contribution in [0.25, 0.3) is 0 Å². The van der Waals surface area contributed by atoms with E-state index in [1.807, 2.05) is 60.7 Å². The van der Waals surface area contributed by atoms with Crippen molar-refractivity contribution in [1.29, 1.82) is 0 Å². The summed E-state index contributed by atoms with van der Waals surface area (Å²) < 4.78 is 11.8. The van der Waals surface area contributed by atoms with Crippen molar-refractivity contribution in [2.75, 3.05) is 0 Å². The Morgan fingerprint density at radius 1 is 0.853 bits per heavy atom. The van der Waals surface area contributed by atoms with Crippen LogP contribution in [0.5, 0.6) is 11.5 Å². The Balaban J connectivity index is 1.52. The molecular formula is C27H23N3O4. The van der Waals surface area contributed by atoms with Crippen LogP contribution in [-0.2, 0) is 13.2 Å². The third-order valence-corrected chi connectivity index (χ3v) is 4.83. The highest BCUT2D eigenvalue weighted by molar-refractivity contribution is 5.95. The molecule has 3 aromatic rings. The molecule has 34 heavy (non-hydrogen) atoms. The first-order chi connectivity index (χ1) is 16.7. The molecule has 0 aromatic heterocycles. The van der Waals surface area contributed by atoms with Crippen LogP contribution in [0.3, 0.4) is 0 Å². The van der Waals surface area contributed by atoms with Gasteiger partial charge < -0.3 is 9.47 Å². The summed E-state index contributed by atoms with van der Waals surface area (Å²) in [5.74, 6) is 0.396. The summed E-state index contributed by atoms with van der Waals surface area (Å²) in [7, 11) is 0. The lowest BCUT2D eigenvalue weighted by molar-refractivity contribution is -0.000530. The van der Waals surface area contributed by atoms with Crippen molar-refractivity contribution in [3.8, 4) is 11.5 Å². The van der Waals surface area contributed by atoms with E-state index in [4.69, 9.17) is 9.47 Å². The van der Waals surface area contributed by atoms with Crippen LogP contribution in [0, 0.1) is 0 Å². The van der Waals surface area contributed by atoms with Crippen molar-refractivity contribution in [3.05, 3.63) is 132 Å². The number of hydroxylamine groups is 2. The molecule has 1 aliphatic rings. The number of hydrogen-bond donors (Lipinski definition) is 1. The molecule has 0 spiro atoms. The molecule has 0 aliphatic carbocycles. The average Bonchev–Trinajstić information content (AvgIpc) is 2.88. The first-order valence-electron chi connectivity index (χ1n) is 10.6. The Morgan fingerprint density at radius 3 is 2.00 bits per heavy atom. The monoisotopic (exact) mass is 453 g/mol. The minimum Gasteiger partial charge on any atom is -0.489 e. The van der Waals surface area contributed by atoms with Crippen LogP contribution in [0.4, 0.5) is 0 Å². The van der Waals surface area contributed by atoms with E-state index in [1.165, 1.54) is 12.4 Å². The van der Waals surface area contributed by atoms with Gasteiger partial charge in [-0.05, 0) is 35.4 Å². The smallest absolute Gasteiger partial charge is 0.295 e. The Hall–Kier alpha value is -4.49. The highest BCUT2D eigenvalue weighted by Crippen LogP contribution is 2.25. The van der Waals surface area contributed by atoms with Gasteiger partial charge in [0.2, 0.25) is 0 Å². The van der Waals surface area contributed by atoms with Crippen molar-refractivity contribution in [2.24, 2.45) is 10.2 Å². The molecule has 1 aliphatic heterocycles. The number of carbonyl (C=O) groups excluding carboxylic acids is 1. The van der Waals surface area contributed by atoms with Crippen molar-refractivity contribution >= 4 is 5.91 Å². The number of carbonyl (C=O) groups is 1. The maximum Gasteiger partial charge on any atom is 0.295 e. The van der Waals surface area contributed by atoms with E-state index in [-0.39, 0.29) is 5.56 Å². The lowest BCUT2D eigenvalue weighted by Gasteiger charge is -2.13. The van der Waals surface area contributed by atoms with Crippen LogP contribution in [0.2, 0.25) is 0 Å². The van der Waals surface area contributed by atoms with Gasteiger partial charge in [-0.2, -0.15) is 5.11 Å². The number of ether oxygens (including phenoxy) is 2. The molecule has 0 unspecified atom stereocenters. The van der Waals surface area contributed by atoms with Gasteiger partial charge in [-0.25, -0.2) is 5.06 Å². The van der Waals surface area contributed by atoms with Crippen LogP contribution >= 0.6 is 0 Å². The lowest BCUT2D eigenvalue weighted by Crippen LogP contribution is -2.10. The largest absolute Gasteiger partial charge is 0.489 e. The lowest BCUT2D eigenvalue weighted by atomic mass is 10.2. The molecule has 0 saturated carbocycles. The summed E-state index contributed by atoms with van der Waals surface area (Å²) >= 11 is 0. The second-order valence-corrected chi connectivity index (χ2v) is 7.36. The van der Waals surface area contributed by atoms with E-state index in [2.05, 4.69) is 10.2 Å². The summed E-state index contributed by atoms with van der Waals surface area (Å²) in [6.07, 6.45) is 7.78. The van der Waals surface area contributed by atoms with Gasteiger partial charge in [-0.1, -0.05) is 66.7 Å². The van der Waals surface area contributed by atoms with Gasteiger partial charge in [0.1, 0.15) is 24.7 Å². The number of hydrogen-bond acceptors (Lipinski definition) is 6. The predicted octanol–water partition coefficient (Wildman–Crippen LogP) is 6.05.